The van der Waals surface area contributed by atoms with Gasteiger partial charge in [0.15, 0.2) is 0 Å². The zero-order chi connectivity index (χ0) is 13.9. The van der Waals surface area contributed by atoms with Crippen molar-refractivity contribution in [1.29, 1.82) is 0 Å². The molecule has 3 aromatic rings. The van der Waals surface area contributed by atoms with E-state index in [1.165, 1.54) is 0 Å². The van der Waals surface area contributed by atoms with Crippen LogP contribution in [0, 0.1) is 0 Å². The van der Waals surface area contributed by atoms with Crippen molar-refractivity contribution in [3.63, 3.8) is 0 Å². The minimum atomic E-state index is -5.17. The molecule has 0 unspecified atom stereocenters. The fourth-order valence-corrected chi connectivity index (χ4v) is 1.68. The summed E-state index contributed by atoms with van der Waals surface area (Å²) >= 11 is 0. The Balaban J connectivity index is -0.0000000762. The van der Waals surface area contributed by atoms with Crippen LogP contribution in [-0.4, -0.2) is 38.4 Å². The van der Waals surface area contributed by atoms with Crippen molar-refractivity contribution in [3.8, 4) is 0 Å². The Bertz CT molecular complexity index is 771. The van der Waals surface area contributed by atoms with Gasteiger partial charge in [-0.2, -0.15) is 0 Å². The van der Waals surface area contributed by atoms with Gasteiger partial charge in [-0.15, -0.1) is 0 Å². The summed E-state index contributed by atoms with van der Waals surface area (Å²) in [5, 5.41) is 2.28. The molecule has 0 aliphatic carbocycles. The maximum Gasteiger partial charge on any atom is 2.00 e. The van der Waals surface area contributed by atoms with Crippen molar-refractivity contribution < 1.29 is 77.7 Å². The van der Waals surface area contributed by atoms with Crippen LogP contribution in [0.25, 0.3) is 21.8 Å². The van der Waals surface area contributed by atoms with Gasteiger partial charge < -0.3 is 42.0 Å². The first kappa shape index (κ1) is 39.6. The third kappa shape index (κ3) is 12.0. The number of hydrogen-bond donors (Lipinski definition) is 0. The SMILES string of the molecule is O.O.O=S(=O)([O-])[O-].[Cd+2].[OH3+].[OH3+].[OH3+].[OH3+].c1cnc2c(c1)ccc1cccnc12. The van der Waals surface area contributed by atoms with Crippen molar-refractivity contribution in [2.45, 2.75) is 0 Å². The minimum Gasteiger partial charge on any atom is -0.759 e. The summed E-state index contributed by atoms with van der Waals surface area (Å²) < 4.78 is 34.1. The van der Waals surface area contributed by atoms with Gasteiger partial charge in [0.05, 0.1) is 11.0 Å². The molecule has 0 saturated heterocycles. The number of fused-ring (bicyclic) bond motifs is 3. The number of nitrogens with zero attached hydrogens (tertiary/aromatic N) is 2. The molecule has 0 aliphatic rings. The van der Waals surface area contributed by atoms with E-state index in [0.29, 0.717) is 0 Å². The Morgan fingerprint density at radius 3 is 1.23 bits per heavy atom. The van der Waals surface area contributed by atoms with E-state index in [-0.39, 0.29) is 60.2 Å². The van der Waals surface area contributed by atoms with Crippen LogP contribution < -0.4 is 0 Å². The molecule has 0 aliphatic heterocycles. The molecule has 146 valence electrons. The fourth-order valence-electron chi connectivity index (χ4n) is 1.68. The van der Waals surface area contributed by atoms with Crippen LogP contribution in [0.2, 0.25) is 0 Å². The summed E-state index contributed by atoms with van der Waals surface area (Å²) in [5.74, 6) is 0. The van der Waals surface area contributed by atoms with Crippen LogP contribution in [0.1, 0.15) is 0 Å². The van der Waals surface area contributed by atoms with Crippen LogP contribution in [-0.2, 0) is 59.6 Å². The van der Waals surface area contributed by atoms with Crippen molar-refractivity contribution >= 4 is 32.2 Å². The molecule has 0 bridgehead atoms. The van der Waals surface area contributed by atoms with Gasteiger partial charge in [-0.1, -0.05) is 24.3 Å². The van der Waals surface area contributed by atoms with E-state index < -0.39 is 10.4 Å². The summed E-state index contributed by atoms with van der Waals surface area (Å²) in [4.78, 5) is 8.69. The van der Waals surface area contributed by atoms with Gasteiger partial charge in [0.2, 0.25) is 0 Å². The summed E-state index contributed by atoms with van der Waals surface area (Å²) in [6.07, 6.45) is 3.60. The van der Waals surface area contributed by atoms with E-state index in [0.717, 1.165) is 21.8 Å². The first-order chi connectivity index (χ1) is 8.95. The Labute approximate surface area is 168 Å². The maximum atomic E-state index is 8.52. The molecular formula is C12H24CdN2O10S+4. The molecule has 2 aromatic heterocycles. The molecule has 0 amide bonds. The quantitative estimate of drug-likeness (QED) is 0.0974. The van der Waals surface area contributed by atoms with E-state index in [1.54, 1.807) is 12.4 Å². The van der Waals surface area contributed by atoms with Gasteiger partial charge in [-0.05, 0) is 12.1 Å². The van der Waals surface area contributed by atoms with E-state index >= 15 is 0 Å². The Morgan fingerprint density at radius 2 is 0.962 bits per heavy atom. The molecule has 0 radical (unpaired) electrons. The summed E-state index contributed by atoms with van der Waals surface area (Å²) in [5.41, 5.74) is 1.95. The number of rotatable bonds is 0. The smallest absolute Gasteiger partial charge is 0.759 e. The topological polar surface area (TPSA) is 301 Å². The summed E-state index contributed by atoms with van der Waals surface area (Å²) in [7, 11) is -5.17. The number of hydrogen-bond acceptors (Lipinski definition) is 6. The second-order valence-electron chi connectivity index (χ2n) is 3.62. The average molecular weight is 501 g/mol. The molecule has 26 heavy (non-hydrogen) atoms. The first-order valence-electron chi connectivity index (χ1n) is 5.20. The fraction of sp³-hybridized carbons (Fsp3) is 0. The largest absolute Gasteiger partial charge is 2.00 e. The average Bonchev–Trinajstić information content (AvgIpc) is 2.37. The van der Waals surface area contributed by atoms with E-state index in [2.05, 4.69) is 34.2 Å². The molecule has 1 aromatic carbocycles. The van der Waals surface area contributed by atoms with Crippen LogP contribution in [0.3, 0.4) is 0 Å². The predicted octanol–water partition coefficient (Wildman–Crippen LogP) is -3.89. The van der Waals surface area contributed by atoms with Crippen LogP contribution in [0.4, 0.5) is 0 Å². The molecule has 3 rings (SSSR count). The van der Waals surface area contributed by atoms with E-state index in [4.69, 9.17) is 17.5 Å². The molecule has 0 atom stereocenters. The third-order valence-corrected chi connectivity index (χ3v) is 2.34. The van der Waals surface area contributed by atoms with Crippen LogP contribution in [0.5, 0.6) is 0 Å². The maximum absolute atomic E-state index is 8.52. The third-order valence-electron chi connectivity index (χ3n) is 2.34. The standard InChI is InChI=1S/C12H8N2.Cd.H2O4S.6H2O/c1-3-9-5-6-10-4-2-8-14-12(10)11(9)13-7-1;;1-5(2,3)4;;;;;;/h1-8H;;(H2,1,2,3,4);6*1H2/q;+2;;;;;;;/p+2. The summed E-state index contributed by atoms with van der Waals surface area (Å²) in [6, 6.07) is 12.1. The van der Waals surface area contributed by atoms with Gasteiger partial charge in [0.25, 0.3) is 0 Å². The number of aromatic nitrogens is 2. The van der Waals surface area contributed by atoms with Gasteiger partial charge in [-0.3, -0.25) is 18.4 Å². The molecule has 0 fully saturated rings. The van der Waals surface area contributed by atoms with Gasteiger partial charge in [0, 0.05) is 33.6 Å². The predicted molar refractivity (Wildman–Crippen MR) is 94.2 cm³/mol. The van der Waals surface area contributed by atoms with Crippen molar-refractivity contribution in [3.05, 3.63) is 48.8 Å². The van der Waals surface area contributed by atoms with Crippen LogP contribution in [0.15, 0.2) is 48.8 Å². The normalized spacial score (nSPS) is 8.08. The molecule has 2 heterocycles. The molecule has 14 heteroatoms. The van der Waals surface area contributed by atoms with Gasteiger partial charge in [-0.25, -0.2) is 0 Å². The Morgan fingerprint density at radius 1 is 0.692 bits per heavy atom. The molecular weight excluding hydrogens is 477 g/mol. The minimum absolute atomic E-state index is 0. The molecule has 12 nitrogen and oxygen atoms in total. The summed E-state index contributed by atoms with van der Waals surface area (Å²) in [6.45, 7) is 0. The first-order valence-corrected chi connectivity index (χ1v) is 6.53. The van der Waals surface area contributed by atoms with Crippen molar-refractivity contribution in [2.75, 3.05) is 0 Å². The van der Waals surface area contributed by atoms with Crippen LogP contribution >= 0.6 is 0 Å². The van der Waals surface area contributed by atoms with Crippen molar-refractivity contribution in [1.82, 2.24) is 9.97 Å². The number of benzene rings is 1. The molecule has 16 N–H and O–H groups in total. The second-order valence-corrected chi connectivity index (χ2v) is 4.44. The molecule has 0 spiro atoms. The zero-order valence-electron chi connectivity index (χ0n) is 13.6. The monoisotopic (exact) mass is 502 g/mol. The Hall–Kier alpha value is -1.41. The Kier molecular flexibility index (Phi) is 25.9. The number of pyridine rings is 2. The van der Waals surface area contributed by atoms with Gasteiger partial charge in [0.1, 0.15) is 0 Å². The second kappa shape index (κ2) is 17.0. The van der Waals surface area contributed by atoms with Gasteiger partial charge >= 0.3 is 27.3 Å². The molecule has 0 saturated carbocycles. The van der Waals surface area contributed by atoms with Crippen molar-refractivity contribution in [2.24, 2.45) is 0 Å². The van der Waals surface area contributed by atoms with E-state index in [1.807, 2.05) is 12.1 Å². The van der Waals surface area contributed by atoms with E-state index in [9.17, 15) is 0 Å². The zero-order valence-corrected chi connectivity index (χ0v) is 18.4.